The highest BCUT2D eigenvalue weighted by Crippen LogP contribution is 2.37. The van der Waals surface area contributed by atoms with Gasteiger partial charge in [-0.05, 0) is 56.9 Å². The first-order valence-electron chi connectivity index (χ1n) is 10.6. The van der Waals surface area contributed by atoms with Gasteiger partial charge in [0, 0.05) is 48.0 Å². The molecule has 1 amide bonds. The van der Waals surface area contributed by atoms with Crippen LogP contribution >= 0.6 is 23.2 Å². The van der Waals surface area contributed by atoms with Crippen molar-refractivity contribution in [2.75, 3.05) is 40.0 Å². The van der Waals surface area contributed by atoms with Crippen LogP contribution in [0.5, 0.6) is 5.75 Å². The largest absolute Gasteiger partial charge is 0.482 e. The van der Waals surface area contributed by atoms with Crippen LogP contribution in [0, 0.1) is 5.82 Å². The third-order valence-electron chi connectivity index (χ3n) is 5.37. The predicted molar refractivity (Wildman–Crippen MR) is 135 cm³/mol. The summed E-state index contributed by atoms with van der Waals surface area (Å²) in [6.45, 7) is 3.12. The van der Waals surface area contributed by atoms with Crippen molar-refractivity contribution in [2.24, 2.45) is 0 Å². The lowest BCUT2D eigenvalue weighted by atomic mass is 10.0. The smallest absolute Gasteiger partial charge is 0.253 e. The molecule has 0 saturated carbocycles. The molecule has 3 rings (SSSR count). The minimum absolute atomic E-state index is 0.0504. The van der Waals surface area contributed by atoms with Crippen LogP contribution in [0.4, 0.5) is 10.2 Å². The number of halogens is 3. The first kappa shape index (κ1) is 25.7. The van der Waals surface area contributed by atoms with Gasteiger partial charge in [-0.1, -0.05) is 35.3 Å². The van der Waals surface area contributed by atoms with Crippen molar-refractivity contribution in [1.29, 1.82) is 0 Å². The minimum atomic E-state index is -0.673. The third kappa shape index (κ3) is 5.97. The molecule has 0 unspecified atom stereocenters. The summed E-state index contributed by atoms with van der Waals surface area (Å²) in [6.07, 6.45) is 0.947. The number of carbonyl (C=O) groups excluding carboxylic acids is 1. The van der Waals surface area contributed by atoms with Crippen LogP contribution in [-0.4, -0.2) is 54.9 Å². The molecule has 1 atom stereocenters. The lowest BCUT2D eigenvalue weighted by Crippen LogP contribution is -2.33. The van der Waals surface area contributed by atoms with Gasteiger partial charge in [0.25, 0.3) is 5.91 Å². The zero-order valence-corrected chi connectivity index (χ0v) is 21.0. The van der Waals surface area contributed by atoms with Crippen molar-refractivity contribution in [3.63, 3.8) is 0 Å². The van der Waals surface area contributed by atoms with E-state index in [1.54, 1.807) is 43.3 Å². The fourth-order valence-corrected chi connectivity index (χ4v) is 4.03. The molecule has 0 aliphatic rings. The van der Waals surface area contributed by atoms with Gasteiger partial charge in [-0.2, -0.15) is 0 Å². The summed E-state index contributed by atoms with van der Waals surface area (Å²) in [4.78, 5) is 20.6. The molecule has 2 N–H and O–H groups in total. The van der Waals surface area contributed by atoms with Crippen LogP contribution < -0.4 is 10.5 Å². The molecule has 0 aliphatic heterocycles. The number of benzene rings is 2. The Bertz CT molecular complexity index is 1170. The monoisotopic (exact) mass is 504 g/mol. The molecule has 0 fully saturated rings. The number of hydrogen-bond donors (Lipinski definition) is 1. The number of nitrogen functional groups attached to an aromatic ring is 1. The molecule has 1 aromatic heterocycles. The number of nitrogens with zero attached hydrogens (tertiary/aromatic N) is 3. The zero-order chi connectivity index (χ0) is 25.0. The number of anilines is 1. The van der Waals surface area contributed by atoms with E-state index in [1.807, 2.05) is 31.1 Å². The zero-order valence-electron chi connectivity index (χ0n) is 19.5. The number of aromatic nitrogens is 1. The molecule has 1 heterocycles. The van der Waals surface area contributed by atoms with E-state index in [-0.39, 0.29) is 21.8 Å². The number of ether oxygens (including phenoxy) is 1. The van der Waals surface area contributed by atoms with Crippen molar-refractivity contribution >= 4 is 34.9 Å². The van der Waals surface area contributed by atoms with Crippen LogP contribution in [0.3, 0.4) is 0 Å². The number of rotatable bonds is 8. The van der Waals surface area contributed by atoms with Gasteiger partial charge < -0.3 is 20.3 Å². The summed E-state index contributed by atoms with van der Waals surface area (Å²) >= 11 is 12.3. The molecule has 180 valence electrons. The second-order valence-electron chi connectivity index (χ2n) is 8.23. The Balaban J connectivity index is 1.80. The SMILES string of the molecule is C[C@@H](Oc1cc(-c2ccc(C(=O)N(C)CCN(C)C)cc2)cnc1N)c1c(Cl)ccc(F)c1Cl. The molecule has 3 aromatic rings. The fourth-order valence-electron chi connectivity index (χ4n) is 3.35. The lowest BCUT2D eigenvalue weighted by Gasteiger charge is -2.20. The van der Waals surface area contributed by atoms with E-state index in [0.29, 0.717) is 23.4 Å². The Hall–Kier alpha value is -2.87. The summed E-state index contributed by atoms with van der Waals surface area (Å²) in [7, 11) is 5.72. The van der Waals surface area contributed by atoms with E-state index < -0.39 is 11.9 Å². The molecule has 9 heteroatoms. The van der Waals surface area contributed by atoms with Crippen molar-refractivity contribution in [3.05, 3.63) is 75.7 Å². The van der Waals surface area contributed by atoms with E-state index in [1.165, 1.54) is 12.1 Å². The van der Waals surface area contributed by atoms with E-state index in [2.05, 4.69) is 4.98 Å². The number of hydrogen-bond acceptors (Lipinski definition) is 5. The quantitative estimate of drug-likeness (QED) is 0.407. The Labute approximate surface area is 209 Å². The fraction of sp³-hybridized carbons (Fsp3) is 0.280. The third-order valence-corrected chi connectivity index (χ3v) is 6.08. The summed E-state index contributed by atoms with van der Waals surface area (Å²) in [6, 6.07) is 11.6. The van der Waals surface area contributed by atoms with Gasteiger partial charge in [-0.3, -0.25) is 4.79 Å². The first-order chi connectivity index (χ1) is 16.1. The summed E-state index contributed by atoms with van der Waals surface area (Å²) in [5, 5.41) is 0.191. The van der Waals surface area contributed by atoms with Gasteiger partial charge in [0.05, 0.1) is 5.02 Å². The lowest BCUT2D eigenvalue weighted by molar-refractivity contribution is 0.0786. The Kier molecular flexibility index (Phi) is 8.36. The second kappa shape index (κ2) is 11.0. The number of amides is 1. The maximum atomic E-state index is 13.9. The van der Waals surface area contributed by atoms with Crippen molar-refractivity contribution in [3.8, 4) is 16.9 Å². The maximum absolute atomic E-state index is 13.9. The van der Waals surface area contributed by atoms with E-state index in [9.17, 15) is 9.18 Å². The molecular weight excluding hydrogens is 478 g/mol. The Morgan fingerprint density at radius 2 is 1.76 bits per heavy atom. The van der Waals surface area contributed by atoms with Gasteiger partial charge in [0.1, 0.15) is 11.9 Å². The van der Waals surface area contributed by atoms with Crippen molar-refractivity contribution in [1.82, 2.24) is 14.8 Å². The summed E-state index contributed by atoms with van der Waals surface area (Å²) in [5.41, 5.74) is 8.51. The molecule has 2 aromatic carbocycles. The molecule has 0 saturated heterocycles. The molecule has 6 nitrogen and oxygen atoms in total. The van der Waals surface area contributed by atoms with Crippen LogP contribution in [0.2, 0.25) is 10.0 Å². The molecular formula is C25H27Cl2FN4O2. The van der Waals surface area contributed by atoms with Crippen molar-refractivity contribution in [2.45, 2.75) is 13.0 Å². The van der Waals surface area contributed by atoms with Crippen LogP contribution in [0.15, 0.2) is 48.7 Å². The highest BCUT2D eigenvalue weighted by atomic mass is 35.5. The van der Waals surface area contributed by atoms with E-state index in [4.69, 9.17) is 33.7 Å². The van der Waals surface area contributed by atoms with Gasteiger partial charge in [-0.15, -0.1) is 0 Å². The van der Waals surface area contributed by atoms with Gasteiger partial charge in [0.2, 0.25) is 0 Å². The number of likely N-dealkylation sites (N-methyl/N-ethyl adjacent to an activating group) is 2. The van der Waals surface area contributed by atoms with E-state index in [0.717, 1.165) is 17.7 Å². The normalized spacial score (nSPS) is 12.0. The van der Waals surface area contributed by atoms with Gasteiger partial charge in [0.15, 0.2) is 11.6 Å². The standard InChI is InChI=1S/C25H27Cl2FN4O2/c1-15(22-19(26)9-10-20(28)23(22)27)34-21-13-18(14-30-24(21)29)16-5-7-17(8-6-16)25(33)32(4)12-11-31(2)3/h5-10,13-15H,11-12H2,1-4H3,(H2,29,30)/t15-/m1/s1. The highest BCUT2D eigenvalue weighted by molar-refractivity contribution is 6.36. The summed E-state index contributed by atoms with van der Waals surface area (Å²) < 4.78 is 19.9. The van der Waals surface area contributed by atoms with Gasteiger partial charge in [-0.25, -0.2) is 9.37 Å². The van der Waals surface area contributed by atoms with Crippen LogP contribution in [0.25, 0.3) is 11.1 Å². The molecule has 0 bridgehead atoms. The van der Waals surface area contributed by atoms with Crippen LogP contribution in [0.1, 0.15) is 28.9 Å². The topological polar surface area (TPSA) is 71.7 Å². The second-order valence-corrected chi connectivity index (χ2v) is 9.02. The van der Waals surface area contributed by atoms with E-state index >= 15 is 0 Å². The van der Waals surface area contributed by atoms with Crippen LogP contribution in [-0.2, 0) is 0 Å². The molecule has 0 radical (unpaired) electrons. The Morgan fingerprint density at radius 1 is 1.09 bits per heavy atom. The van der Waals surface area contributed by atoms with Gasteiger partial charge >= 0.3 is 0 Å². The average molecular weight is 505 g/mol. The molecule has 0 spiro atoms. The number of pyridine rings is 1. The number of nitrogens with two attached hydrogens (primary N) is 1. The molecule has 0 aliphatic carbocycles. The Morgan fingerprint density at radius 3 is 2.41 bits per heavy atom. The predicted octanol–water partition coefficient (Wildman–Crippen LogP) is 5.55. The summed E-state index contributed by atoms with van der Waals surface area (Å²) in [5.74, 6) is -0.151. The maximum Gasteiger partial charge on any atom is 0.253 e. The average Bonchev–Trinajstić information content (AvgIpc) is 2.81. The first-order valence-corrected chi connectivity index (χ1v) is 11.4. The highest BCUT2D eigenvalue weighted by Gasteiger charge is 2.20. The molecule has 34 heavy (non-hydrogen) atoms. The minimum Gasteiger partial charge on any atom is -0.482 e. The number of carbonyl (C=O) groups is 1. The van der Waals surface area contributed by atoms with Crippen molar-refractivity contribution < 1.29 is 13.9 Å².